The zero-order valence-electron chi connectivity index (χ0n) is 15.5. The van der Waals surface area contributed by atoms with E-state index in [1.807, 2.05) is 13.8 Å². The number of aliphatic carboxylic acids is 1. The number of hydrogen-bond acceptors (Lipinski definition) is 4. The first kappa shape index (κ1) is 21.2. The van der Waals surface area contributed by atoms with Gasteiger partial charge in [0.05, 0.1) is 22.5 Å². The lowest BCUT2D eigenvalue weighted by Gasteiger charge is -2.37. The maximum atomic E-state index is 12.8. The number of ether oxygens (including phenoxy) is 1. The Morgan fingerprint density at radius 2 is 1.93 bits per heavy atom. The maximum absolute atomic E-state index is 12.8. The van der Waals surface area contributed by atoms with Gasteiger partial charge in [-0.2, -0.15) is 0 Å². The van der Waals surface area contributed by atoms with E-state index < -0.39 is 17.4 Å². The van der Waals surface area contributed by atoms with Crippen molar-refractivity contribution in [1.82, 2.24) is 5.32 Å². The number of amides is 2. The number of carboxylic acids is 1. The second-order valence-electron chi connectivity index (χ2n) is 7.26. The average Bonchev–Trinajstić information content (AvgIpc) is 2.55. The molecule has 0 atom stereocenters. The quantitative estimate of drug-likeness (QED) is 0.656. The van der Waals surface area contributed by atoms with Crippen molar-refractivity contribution in [3.8, 4) is 0 Å². The number of nitrogens with one attached hydrogen (secondary N) is 2. The fourth-order valence-electron chi connectivity index (χ4n) is 3.07. The lowest BCUT2D eigenvalue weighted by Crippen LogP contribution is -2.53. The molecule has 1 aliphatic rings. The van der Waals surface area contributed by atoms with Gasteiger partial charge in [-0.1, -0.05) is 25.4 Å². The van der Waals surface area contributed by atoms with Crippen molar-refractivity contribution in [3.63, 3.8) is 0 Å². The first-order chi connectivity index (χ1) is 12.7. The van der Waals surface area contributed by atoms with E-state index in [0.29, 0.717) is 38.2 Å². The molecular formula is C19H25ClN2O5. The van der Waals surface area contributed by atoms with Gasteiger partial charge in [-0.25, -0.2) is 0 Å². The summed E-state index contributed by atoms with van der Waals surface area (Å²) in [5.74, 6) is -1.39. The third kappa shape index (κ3) is 6.22. The summed E-state index contributed by atoms with van der Waals surface area (Å²) in [5, 5.41) is 15.0. The van der Waals surface area contributed by atoms with E-state index in [2.05, 4.69) is 10.6 Å². The zero-order chi connectivity index (χ0) is 20.0. The van der Waals surface area contributed by atoms with Crippen LogP contribution in [-0.4, -0.2) is 41.6 Å². The van der Waals surface area contributed by atoms with Gasteiger partial charge >= 0.3 is 5.97 Å². The molecule has 8 heteroatoms. The van der Waals surface area contributed by atoms with E-state index >= 15 is 0 Å². The van der Waals surface area contributed by atoms with Gasteiger partial charge < -0.3 is 20.5 Å². The normalized spacial score (nSPS) is 16.0. The van der Waals surface area contributed by atoms with Crippen LogP contribution in [0, 0.1) is 5.92 Å². The van der Waals surface area contributed by atoms with E-state index in [1.54, 1.807) is 6.07 Å². The Labute approximate surface area is 163 Å². The van der Waals surface area contributed by atoms with Gasteiger partial charge in [-0.05, 0) is 37.0 Å². The van der Waals surface area contributed by atoms with Crippen LogP contribution in [-0.2, 0) is 14.3 Å². The highest BCUT2D eigenvalue weighted by Gasteiger charge is 2.37. The molecule has 2 amide bonds. The predicted molar refractivity (Wildman–Crippen MR) is 102 cm³/mol. The summed E-state index contributed by atoms with van der Waals surface area (Å²) in [6.07, 6.45) is 0.997. The van der Waals surface area contributed by atoms with Crippen LogP contribution in [0.15, 0.2) is 18.2 Å². The molecule has 148 valence electrons. The van der Waals surface area contributed by atoms with Crippen molar-refractivity contribution in [2.24, 2.45) is 5.92 Å². The fraction of sp³-hybridized carbons (Fsp3) is 0.526. The second kappa shape index (κ2) is 9.19. The Kier molecular flexibility index (Phi) is 7.21. The highest BCUT2D eigenvalue weighted by molar-refractivity contribution is 6.34. The van der Waals surface area contributed by atoms with E-state index in [4.69, 9.17) is 16.3 Å². The summed E-state index contributed by atoms with van der Waals surface area (Å²) in [6, 6.07) is 4.66. The van der Waals surface area contributed by atoms with Gasteiger partial charge in [0.25, 0.3) is 5.91 Å². The van der Waals surface area contributed by atoms with Gasteiger partial charge in [0.15, 0.2) is 0 Å². The zero-order valence-corrected chi connectivity index (χ0v) is 16.3. The minimum atomic E-state index is -0.988. The SMILES string of the molecule is CC(C)CC(=O)Nc1ccc(Cl)c(C(=O)NC2(CC(=O)O)CCOCC2)c1. The average molecular weight is 397 g/mol. The Morgan fingerprint density at radius 1 is 1.26 bits per heavy atom. The first-order valence-electron chi connectivity index (χ1n) is 8.92. The fourth-order valence-corrected chi connectivity index (χ4v) is 3.27. The molecule has 1 aliphatic heterocycles. The van der Waals surface area contributed by atoms with Gasteiger partial charge in [0.2, 0.25) is 5.91 Å². The third-order valence-electron chi connectivity index (χ3n) is 4.41. The monoisotopic (exact) mass is 396 g/mol. The molecule has 0 radical (unpaired) electrons. The van der Waals surface area contributed by atoms with E-state index in [-0.39, 0.29) is 28.8 Å². The van der Waals surface area contributed by atoms with Crippen molar-refractivity contribution in [2.45, 2.75) is 45.1 Å². The molecule has 0 saturated carbocycles. The number of benzene rings is 1. The molecule has 27 heavy (non-hydrogen) atoms. The molecule has 0 unspecified atom stereocenters. The molecule has 0 bridgehead atoms. The minimum absolute atomic E-state index is 0.148. The molecule has 1 fully saturated rings. The van der Waals surface area contributed by atoms with E-state index in [0.717, 1.165) is 0 Å². The van der Waals surface area contributed by atoms with Crippen LogP contribution in [0.5, 0.6) is 0 Å². The Morgan fingerprint density at radius 3 is 2.52 bits per heavy atom. The largest absolute Gasteiger partial charge is 0.481 e. The minimum Gasteiger partial charge on any atom is -0.481 e. The highest BCUT2D eigenvalue weighted by Crippen LogP contribution is 2.27. The van der Waals surface area contributed by atoms with Gasteiger partial charge in [-0.15, -0.1) is 0 Å². The van der Waals surface area contributed by atoms with Gasteiger partial charge in [0.1, 0.15) is 0 Å². The standard InChI is InChI=1S/C19H25ClN2O5/c1-12(2)9-16(23)21-13-3-4-15(20)14(10-13)18(26)22-19(11-17(24)25)5-7-27-8-6-19/h3-4,10,12H,5-9,11H2,1-2H3,(H,21,23)(H,22,26)(H,24,25). The van der Waals surface area contributed by atoms with Crippen molar-refractivity contribution in [2.75, 3.05) is 18.5 Å². The Balaban J connectivity index is 2.17. The summed E-state index contributed by atoms with van der Waals surface area (Å²) in [5.41, 5.74) is -0.216. The number of carbonyl (C=O) groups is 3. The highest BCUT2D eigenvalue weighted by atomic mass is 35.5. The van der Waals surface area contributed by atoms with Crippen molar-refractivity contribution in [1.29, 1.82) is 0 Å². The van der Waals surface area contributed by atoms with Crippen LogP contribution in [0.3, 0.4) is 0 Å². The molecule has 7 nitrogen and oxygen atoms in total. The third-order valence-corrected chi connectivity index (χ3v) is 4.74. The van der Waals surface area contributed by atoms with Gasteiger partial charge in [-0.3, -0.25) is 14.4 Å². The Bertz CT molecular complexity index is 714. The molecule has 1 saturated heterocycles. The summed E-state index contributed by atoms with van der Waals surface area (Å²) in [7, 11) is 0. The Hall–Kier alpha value is -2.12. The molecule has 0 aliphatic carbocycles. The predicted octanol–water partition coefficient (Wildman–Crippen LogP) is 3.08. The summed E-state index contributed by atoms with van der Waals surface area (Å²) in [4.78, 5) is 36.0. The number of carboxylic acid groups (broad SMARTS) is 1. The smallest absolute Gasteiger partial charge is 0.305 e. The number of carbonyl (C=O) groups excluding carboxylic acids is 2. The lowest BCUT2D eigenvalue weighted by atomic mass is 9.86. The summed E-state index contributed by atoms with van der Waals surface area (Å²) < 4.78 is 5.29. The second-order valence-corrected chi connectivity index (χ2v) is 7.67. The van der Waals surface area contributed by atoms with Crippen LogP contribution in [0.25, 0.3) is 0 Å². The topological polar surface area (TPSA) is 105 Å². The number of hydrogen-bond donors (Lipinski definition) is 3. The molecule has 1 aromatic carbocycles. The molecule has 1 heterocycles. The molecule has 2 rings (SSSR count). The van der Waals surface area contributed by atoms with Crippen LogP contribution in [0.4, 0.5) is 5.69 Å². The molecule has 0 spiro atoms. The molecule has 1 aromatic rings. The molecule has 0 aromatic heterocycles. The number of halogens is 1. The van der Waals surface area contributed by atoms with Crippen molar-refractivity contribution < 1.29 is 24.2 Å². The maximum Gasteiger partial charge on any atom is 0.305 e. The summed E-state index contributed by atoms with van der Waals surface area (Å²) >= 11 is 6.17. The molecule has 3 N–H and O–H groups in total. The summed E-state index contributed by atoms with van der Waals surface area (Å²) in [6.45, 7) is 4.64. The van der Waals surface area contributed by atoms with Gasteiger partial charge in [0, 0.05) is 25.3 Å². The van der Waals surface area contributed by atoms with Crippen LogP contribution < -0.4 is 10.6 Å². The molecular weight excluding hydrogens is 372 g/mol. The van der Waals surface area contributed by atoms with E-state index in [9.17, 15) is 19.5 Å². The lowest BCUT2D eigenvalue weighted by molar-refractivity contribution is -0.139. The number of anilines is 1. The van der Waals surface area contributed by atoms with Crippen LogP contribution >= 0.6 is 11.6 Å². The van der Waals surface area contributed by atoms with Crippen molar-refractivity contribution >= 4 is 35.1 Å². The number of rotatable bonds is 7. The first-order valence-corrected chi connectivity index (χ1v) is 9.30. The van der Waals surface area contributed by atoms with Crippen molar-refractivity contribution in [3.05, 3.63) is 28.8 Å². The van der Waals surface area contributed by atoms with E-state index in [1.165, 1.54) is 12.1 Å². The van der Waals surface area contributed by atoms with Crippen LogP contribution in [0.1, 0.15) is 49.9 Å². The van der Waals surface area contributed by atoms with Crippen LogP contribution in [0.2, 0.25) is 5.02 Å².